The van der Waals surface area contributed by atoms with Crippen LogP contribution in [0.2, 0.25) is 0 Å². The zero-order valence-electron chi connectivity index (χ0n) is 19.9. The Bertz CT molecular complexity index is 1600. The van der Waals surface area contributed by atoms with Crippen molar-refractivity contribution in [2.45, 2.75) is 20.4 Å². The fraction of sp³-hybridized carbons (Fsp3) is 0.107. The van der Waals surface area contributed by atoms with E-state index in [0.29, 0.717) is 29.1 Å². The summed E-state index contributed by atoms with van der Waals surface area (Å²) in [5.74, 6) is -0.420. The van der Waals surface area contributed by atoms with Gasteiger partial charge in [0.1, 0.15) is 5.69 Å². The molecule has 8 heteroatoms. The lowest BCUT2D eigenvalue weighted by Gasteiger charge is -2.08. The van der Waals surface area contributed by atoms with Crippen LogP contribution >= 0.6 is 0 Å². The average Bonchev–Trinajstić information content (AvgIpc) is 3.50. The van der Waals surface area contributed by atoms with Gasteiger partial charge in [0.05, 0.1) is 23.1 Å². The molecule has 0 spiro atoms. The van der Waals surface area contributed by atoms with Gasteiger partial charge in [-0.25, -0.2) is 4.68 Å². The molecule has 178 valence electrons. The molecule has 8 nitrogen and oxygen atoms in total. The summed E-state index contributed by atoms with van der Waals surface area (Å²) in [6.07, 6.45) is 7.16. The number of carbonyl (C=O) groups is 2. The van der Waals surface area contributed by atoms with Crippen molar-refractivity contribution in [2.24, 2.45) is 0 Å². The molecule has 1 amide bonds. The van der Waals surface area contributed by atoms with E-state index in [1.807, 2.05) is 56.5 Å². The van der Waals surface area contributed by atoms with E-state index < -0.39 is 0 Å². The number of hydrogen-bond donors (Lipinski definition) is 1. The third kappa shape index (κ3) is 4.69. The van der Waals surface area contributed by atoms with Crippen molar-refractivity contribution >= 4 is 40.6 Å². The summed E-state index contributed by atoms with van der Waals surface area (Å²) in [6, 6.07) is 19.8. The van der Waals surface area contributed by atoms with Crippen molar-refractivity contribution in [1.82, 2.24) is 24.5 Å². The molecule has 5 aromatic rings. The summed E-state index contributed by atoms with van der Waals surface area (Å²) in [4.78, 5) is 30.4. The zero-order valence-corrected chi connectivity index (χ0v) is 19.9. The van der Waals surface area contributed by atoms with Gasteiger partial charge in [0.2, 0.25) is 0 Å². The normalized spacial score (nSPS) is 11.3. The van der Waals surface area contributed by atoms with Gasteiger partial charge in [-0.3, -0.25) is 19.3 Å². The van der Waals surface area contributed by atoms with Gasteiger partial charge in [-0.1, -0.05) is 30.3 Å². The maximum atomic E-state index is 13.3. The molecular weight excluding hydrogens is 452 g/mol. The number of rotatable bonds is 7. The van der Waals surface area contributed by atoms with Crippen LogP contribution in [0.25, 0.3) is 23.2 Å². The quantitative estimate of drug-likeness (QED) is 0.331. The van der Waals surface area contributed by atoms with E-state index in [1.165, 1.54) is 0 Å². The van der Waals surface area contributed by atoms with E-state index in [4.69, 9.17) is 0 Å². The van der Waals surface area contributed by atoms with Crippen LogP contribution in [0.4, 0.5) is 5.69 Å². The van der Waals surface area contributed by atoms with Gasteiger partial charge in [-0.15, -0.1) is 0 Å². The van der Waals surface area contributed by atoms with Crippen molar-refractivity contribution in [3.63, 3.8) is 0 Å². The highest BCUT2D eigenvalue weighted by Crippen LogP contribution is 2.21. The number of carbonyl (C=O) groups excluding carboxylic acids is 2. The van der Waals surface area contributed by atoms with Crippen LogP contribution in [0.1, 0.15) is 44.7 Å². The summed E-state index contributed by atoms with van der Waals surface area (Å²) in [7, 11) is 0. The van der Waals surface area contributed by atoms with E-state index in [1.54, 1.807) is 58.2 Å². The van der Waals surface area contributed by atoms with Crippen LogP contribution in [-0.2, 0) is 6.54 Å². The predicted molar refractivity (Wildman–Crippen MR) is 140 cm³/mol. The molecule has 0 radical (unpaired) electrons. The molecule has 5 rings (SSSR count). The number of nitrogens with one attached hydrogen (secondary N) is 1. The molecule has 0 saturated heterocycles. The molecule has 0 aliphatic rings. The van der Waals surface area contributed by atoms with Crippen molar-refractivity contribution < 1.29 is 9.59 Å². The van der Waals surface area contributed by atoms with Gasteiger partial charge in [0.15, 0.2) is 5.78 Å². The molecule has 0 unspecified atom stereocenters. The Morgan fingerprint density at radius 1 is 1.00 bits per heavy atom. The van der Waals surface area contributed by atoms with E-state index >= 15 is 0 Å². The molecule has 1 N–H and O–H groups in total. The van der Waals surface area contributed by atoms with Crippen molar-refractivity contribution in [2.75, 3.05) is 5.32 Å². The number of fused-ring (bicyclic) bond motifs is 1. The Hall–Kier alpha value is -4.85. The number of nitrogens with zero attached hydrogens (tertiary/aromatic N) is 5. The predicted octanol–water partition coefficient (Wildman–Crippen LogP) is 5.07. The first-order chi connectivity index (χ1) is 17.5. The van der Waals surface area contributed by atoms with Gasteiger partial charge in [-0.05, 0) is 56.3 Å². The van der Waals surface area contributed by atoms with Crippen LogP contribution in [0.5, 0.6) is 0 Å². The number of aryl methyl sites for hydroxylation is 2. The Morgan fingerprint density at radius 2 is 1.86 bits per heavy atom. The largest absolute Gasteiger partial charge is 0.321 e. The van der Waals surface area contributed by atoms with E-state index in [9.17, 15) is 9.59 Å². The standard InChI is InChI=1S/C28H24N6O2/c1-3-33-26(15-19(2)32-33)28(36)31-24-9-6-7-20(16-24)27(35)21-10-11-22-18-30-34(25(22)17-21)14-12-23-8-4-5-13-29-23/h4-18H,3H2,1-2H3,(H,31,36). The van der Waals surface area contributed by atoms with Crippen LogP contribution in [0.3, 0.4) is 0 Å². The molecule has 2 aromatic carbocycles. The highest BCUT2D eigenvalue weighted by atomic mass is 16.2. The first-order valence-corrected chi connectivity index (χ1v) is 11.6. The average molecular weight is 477 g/mol. The molecule has 0 saturated carbocycles. The first kappa shape index (κ1) is 22.9. The third-order valence-electron chi connectivity index (χ3n) is 5.75. The number of amides is 1. The Morgan fingerprint density at radius 3 is 2.67 bits per heavy atom. The number of benzene rings is 2. The summed E-state index contributed by atoms with van der Waals surface area (Å²) in [6.45, 7) is 4.37. The van der Waals surface area contributed by atoms with E-state index in [0.717, 1.165) is 22.3 Å². The monoisotopic (exact) mass is 476 g/mol. The first-order valence-electron chi connectivity index (χ1n) is 11.6. The maximum Gasteiger partial charge on any atom is 0.273 e. The van der Waals surface area contributed by atoms with Gasteiger partial charge in [0, 0.05) is 41.1 Å². The van der Waals surface area contributed by atoms with Crippen LogP contribution in [0, 0.1) is 6.92 Å². The maximum absolute atomic E-state index is 13.3. The molecule has 36 heavy (non-hydrogen) atoms. The lowest BCUT2D eigenvalue weighted by atomic mass is 10.0. The number of ketones is 1. The number of anilines is 1. The lowest BCUT2D eigenvalue weighted by Crippen LogP contribution is -2.17. The Balaban J connectivity index is 1.39. The minimum absolute atomic E-state index is 0.149. The molecule has 0 bridgehead atoms. The minimum atomic E-state index is -0.271. The fourth-order valence-corrected chi connectivity index (χ4v) is 3.99. The molecular formula is C28H24N6O2. The smallest absolute Gasteiger partial charge is 0.273 e. The summed E-state index contributed by atoms with van der Waals surface area (Å²) < 4.78 is 3.37. The summed E-state index contributed by atoms with van der Waals surface area (Å²) >= 11 is 0. The van der Waals surface area contributed by atoms with Crippen LogP contribution in [0.15, 0.2) is 79.1 Å². The third-order valence-corrected chi connectivity index (χ3v) is 5.75. The van der Waals surface area contributed by atoms with Gasteiger partial charge in [0.25, 0.3) is 5.91 Å². The van der Waals surface area contributed by atoms with Gasteiger partial charge >= 0.3 is 0 Å². The second-order valence-electron chi connectivity index (χ2n) is 8.28. The lowest BCUT2D eigenvalue weighted by molar-refractivity contribution is 0.101. The topological polar surface area (TPSA) is 94.7 Å². The van der Waals surface area contributed by atoms with E-state index in [-0.39, 0.29) is 11.7 Å². The van der Waals surface area contributed by atoms with E-state index in [2.05, 4.69) is 20.5 Å². The zero-order chi connectivity index (χ0) is 25.1. The second kappa shape index (κ2) is 9.79. The minimum Gasteiger partial charge on any atom is -0.321 e. The molecule has 0 fully saturated rings. The number of pyridine rings is 1. The highest BCUT2D eigenvalue weighted by Gasteiger charge is 2.16. The molecule has 0 aliphatic heterocycles. The second-order valence-corrected chi connectivity index (χ2v) is 8.28. The highest BCUT2D eigenvalue weighted by molar-refractivity contribution is 6.11. The molecule has 3 aromatic heterocycles. The Labute approximate surface area is 207 Å². The summed E-state index contributed by atoms with van der Waals surface area (Å²) in [5, 5.41) is 12.5. The molecule has 0 atom stereocenters. The Kier molecular flexibility index (Phi) is 6.23. The van der Waals surface area contributed by atoms with Crippen molar-refractivity contribution in [3.8, 4) is 0 Å². The van der Waals surface area contributed by atoms with Crippen LogP contribution in [-0.4, -0.2) is 36.2 Å². The van der Waals surface area contributed by atoms with Crippen molar-refractivity contribution in [1.29, 1.82) is 0 Å². The number of hydrogen-bond acceptors (Lipinski definition) is 5. The van der Waals surface area contributed by atoms with Gasteiger partial charge < -0.3 is 5.32 Å². The number of aromatic nitrogens is 5. The summed E-state index contributed by atoms with van der Waals surface area (Å²) in [5.41, 5.74) is 4.41. The molecule has 0 aliphatic carbocycles. The fourth-order valence-electron chi connectivity index (χ4n) is 3.99. The molecule has 3 heterocycles. The van der Waals surface area contributed by atoms with Gasteiger partial charge in [-0.2, -0.15) is 10.2 Å². The van der Waals surface area contributed by atoms with Crippen molar-refractivity contribution in [3.05, 3.63) is 107 Å². The van der Waals surface area contributed by atoms with Crippen LogP contribution < -0.4 is 5.32 Å². The SMILES string of the molecule is CCn1nc(C)cc1C(=O)Nc1cccc(C(=O)c2ccc3cnn(C=Cc4ccccn4)c3c2)c1.